The van der Waals surface area contributed by atoms with Crippen LogP contribution >= 0.6 is 0 Å². The minimum Gasteiger partial charge on any atom is -0.456 e. The zero-order valence-corrected chi connectivity index (χ0v) is 23.2. The maximum Gasteiger partial charge on any atom is 0.160 e. The summed E-state index contributed by atoms with van der Waals surface area (Å²) in [5.74, 6) is 0.674. The van der Waals surface area contributed by atoms with E-state index in [9.17, 15) is 0 Å². The second-order valence-corrected chi connectivity index (χ2v) is 10.5. The highest BCUT2D eigenvalue weighted by Crippen LogP contribution is 2.35. The van der Waals surface area contributed by atoms with Crippen molar-refractivity contribution in [2.24, 2.45) is 0 Å². The van der Waals surface area contributed by atoms with Crippen molar-refractivity contribution in [3.05, 3.63) is 152 Å². The van der Waals surface area contributed by atoms with Gasteiger partial charge in [-0.3, -0.25) is 4.98 Å². The SMILES string of the molecule is c1ccc(-c2cccc(-c3cc(-c4ccc5oc6ccccc6c5c4)nc(-c4ccc(-c5cccnc5)cc4)n3)c2)cc1. The molecular formula is C39H25N3O. The molecule has 0 atom stereocenters. The molecule has 0 aliphatic carbocycles. The number of fused-ring (bicyclic) bond motifs is 3. The van der Waals surface area contributed by atoms with Gasteiger partial charge in [0.1, 0.15) is 11.2 Å². The van der Waals surface area contributed by atoms with Crippen molar-refractivity contribution in [3.63, 3.8) is 0 Å². The van der Waals surface area contributed by atoms with E-state index in [-0.39, 0.29) is 0 Å². The van der Waals surface area contributed by atoms with Gasteiger partial charge in [-0.05, 0) is 64.7 Å². The van der Waals surface area contributed by atoms with Crippen molar-refractivity contribution < 1.29 is 4.42 Å². The highest BCUT2D eigenvalue weighted by Gasteiger charge is 2.14. The standard InChI is InChI=1S/C39H25N3O/c1-2-8-26(9-3-1)29-10-6-11-30(22-29)35-24-36(31-19-20-38-34(23-31)33-13-4-5-14-37(33)43-38)42-39(41-35)28-17-15-27(16-18-28)32-12-7-21-40-25-32/h1-25H. The van der Waals surface area contributed by atoms with Crippen LogP contribution in [-0.4, -0.2) is 15.0 Å². The smallest absolute Gasteiger partial charge is 0.160 e. The molecule has 3 aromatic heterocycles. The summed E-state index contributed by atoms with van der Waals surface area (Å²) >= 11 is 0. The molecule has 8 aromatic rings. The van der Waals surface area contributed by atoms with E-state index in [2.05, 4.69) is 108 Å². The molecule has 43 heavy (non-hydrogen) atoms. The highest BCUT2D eigenvalue weighted by molar-refractivity contribution is 6.06. The van der Waals surface area contributed by atoms with Crippen molar-refractivity contribution in [3.8, 4) is 56.2 Å². The normalized spacial score (nSPS) is 11.3. The number of pyridine rings is 1. The molecule has 0 radical (unpaired) electrons. The molecule has 0 saturated heterocycles. The molecule has 8 rings (SSSR count). The molecule has 0 spiro atoms. The summed E-state index contributed by atoms with van der Waals surface area (Å²) in [6, 6.07) is 47.8. The molecule has 0 aliphatic rings. The number of furan rings is 1. The second-order valence-electron chi connectivity index (χ2n) is 10.5. The van der Waals surface area contributed by atoms with E-state index in [1.54, 1.807) is 6.20 Å². The number of nitrogens with zero attached hydrogens (tertiary/aromatic N) is 3. The maximum atomic E-state index is 6.10. The van der Waals surface area contributed by atoms with Gasteiger partial charge in [0.2, 0.25) is 0 Å². The lowest BCUT2D eigenvalue weighted by atomic mass is 10.00. The third kappa shape index (κ3) is 4.75. The van der Waals surface area contributed by atoms with E-state index in [4.69, 9.17) is 14.4 Å². The maximum absolute atomic E-state index is 6.10. The fraction of sp³-hybridized carbons (Fsp3) is 0. The monoisotopic (exact) mass is 551 g/mol. The fourth-order valence-electron chi connectivity index (χ4n) is 5.59. The average Bonchev–Trinajstić information content (AvgIpc) is 3.47. The van der Waals surface area contributed by atoms with Gasteiger partial charge in [-0.2, -0.15) is 0 Å². The predicted octanol–water partition coefficient (Wildman–Crippen LogP) is 10.1. The van der Waals surface area contributed by atoms with Crippen molar-refractivity contribution in [1.82, 2.24) is 15.0 Å². The van der Waals surface area contributed by atoms with Gasteiger partial charge in [0, 0.05) is 39.9 Å². The highest BCUT2D eigenvalue weighted by atomic mass is 16.3. The number of rotatable bonds is 5. The summed E-state index contributed by atoms with van der Waals surface area (Å²) in [5, 5.41) is 2.16. The molecule has 0 amide bonds. The van der Waals surface area contributed by atoms with Crippen molar-refractivity contribution in [2.45, 2.75) is 0 Å². The Balaban J connectivity index is 1.28. The third-order valence-electron chi connectivity index (χ3n) is 7.80. The zero-order chi connectivity index (χ0) is 28.6. The Morgan fingerprint density at radius 1 is 0.395 bits per heavy atom. The Kier molecular flexibility index (Phi) is 6.08. The van der Waals surface area contributed by atoms with E-state index in [1.807, 2.05) is 42.6 Å². The van der Waals surface area contributed by atoms with E-state index < -0.39 is 0 Å². The summed E-state index contributed by atoms with van der Waals surface area (Å²) in [5.41, 5.74) is 10.9. The lowest BCUT2D eigenvalue weighted by Gasteiger charge is -2.11. The van der Waals surface area contributed by atoms with Gasteiger partial charge in [-0.1, -0.05) is 97.1 Å². The minimum atomic E-state index is 0.674. The van der Waals surface area contributed by atoms with Gasteiger partial charge in [0.25, 0.3) is 0 Å². The van der Waals surface area contributed by atoms with Crippen LogP contribution in [0.25, 0.3) is 78.1 Å². The van der Waals surface area contributed by atoms with Crippen LogP contribution < -0.4 is 0 Å². The Bertz CT molecular complexity index is 2220. The van der Waals surface area contributed by atoms with Crippen molar-refractivity contribution >= 4 is 21.9 Å². The summed E-state index contributed by atoms with van der Waals surface area (Å²) < 4.78 is 6.10. The van der Waals surface area contributed by atoms with Crippen LogP contribution in [0.3, 0.4) is 0 Å². The number of benzene rings is 5. The van der Waals surface area contributed by atoms with Crippen LogP contribution in [0.15, 0.2) is 156 Å². The van der Waals surface area contributed by atoms with Crippen LogP contribution in [0.5, 0.6) is 0 Å². The Morgan fingerprint density at radius 2 is 1.02 bits per heavy atom. The Labute approximate surface area is 249 Å². The molecule has 4 nitrogen and oxygen atoms in total. The molecule has 0 fully saturated rings. The molecule has 0 saturated carbocycles. The van der Waals surface area contributed by atoms with Crippen LogP contribution in [0.2, 0.25) is 0 Å². The van der Waals surface area contributed by atoms with Gasteiger partial charge in [0.15, 0.2) is 5.82 Å². The van der Waals surface area contributed by atoms with Gasteiger partial charge < -0.3 is 4.42 Å². The third-order valence-corrected chi connectivity index (χ3v) is 7.80. The van der Waals surface area contributed by atoms with Gasteiger partial charge >= 0.3 is 0 Å². The minimum absolute atomic E-state index is 0.674. The molecule has 0 bridgehead atoms. The van der Waals surface area contributed by atoms with E-state index >= 15 is 0 Å². The van der Waals surface area contributed by atoms with Crippen LogP contribution in [0.4, 0.5) is 0 Å². The molecule has 5 aromatic carbocycles. The molecular weight excluding hydrogens is 526 g/mol. The molecule has 0 aliphatic heterocycles. The quantitative estimate of drug-likeness (QED) is 0.214. The number of hydrogen-bond acceptors (Lipinski definition) is 4. The number of hydrogen-bond donors (Lipinski definition) is 0. The molecule has 0 N–H and O–H groups in total. The van der Waals surface area contributed by atoms with Crippen LogP contribution in [0.1, 0.15) is 0 Å². The van der Waals surface area contributed by atoms with Gasteiger partial charge in [0.05, 0.1) is 11.4 Å². The predicted molar refractivity (Wildman–Crippen MR) is 174 cm³/mol. The zero-order valence-electron chi connectivity index (χ0n) is 23.2. The molecule has 4 heteroatoms. The Morgan fingerprint density at radius 3 is 1.84 bits per heavy atom. The van der Waals surface area contributed by atoms with E-state index in [0.717, 1.165) is 66.7 Å². The summed E-state index contributed by atoms with van der Waals surface area (Å²) in [7, 11) is 0. The van der Waals surface area contributed by atoms with Crippen molar-refractivity contribution in [2.75, 3.05) is 0 Å². The Hall–Kier alpha value is -5.87. The first-order valence-electron chi connectivity index (χ1n) is 14.3. The first-order chi connectivity index (χ1) is 21.3. The lowest BCUT2D eigenvalue weighted by molar-refractivity contribution is 0.669. The van der Waals surface area contributed by atoms with Gasteiger partial charge in [-0.15, -0.1) is 0 Å². The second kappa shape index (κ2) is 10.5. The molecule has 3 heterocycles. The lowest BCUT2D eigenvalue weighted by Crippen LogP contribution is -1.96. The van der Waals surface area contributed by atoms with Crippen molar-refractivity contribution in [1.29, 1.82) is 0 Å². The van der Waals surface area contributed by atoms with Gasteiger partial charge in [-0.25, -0.2) is 9.97 Å². The number of aromatic nitrogens is 3. The van der Waals surface area contributed by atoms with E-state index in [1.165, 1.54) is 5.56 Å². The van der Waals surface area contributed by atoms with Crippen LogP contribution in [-0.2, 0) is 0 Å². The van der Waals surface area contributed by atoms with Crippen LogP contribution in [0, 0.1) is 0 Å². The number of para-hydroxylation sites is 1. The summed E-state index contributed by atoms with van der Waals surface area (Å²) in [6.45, 7) is 0. The first-order valence-corrected chi connectivity index (χ1v) is 14.3. The summed E-state index contributed by atoms with van der Waals surface area (Å²) in [6.07, 6.45) is 3.66. The fourth-order valence-corrected chi connectivity index (χ4v) is 5.59. The largest absolute Gasteiger partial charge is 0.456 e. The molecule has 0 unspecified atom stereocenters. The average molecular weight is 552 g/mol. The summed E-state index contributed by atoms with van der Waals surface area (Å²) in [4.78, 5) is 14.5. The van der Waals surface area contributed by atoms with E-state index in [0.29, 0.717) is 5.82 Å². The topological polar surface area (TPSA) is 51.8 Å². The molecule has 202 valence electrons. The first kappa shape index (κ1) is 24.9.